The maximum Gasteiger partial charge on any atom is 0.289 e. The maximum absolute atomic E-state index is 12.7. The van der Waals surface area contributed by atoms with Gasteiger partial charge in [0.05, 0.1) is 0 Å². The van der Waals surface area contributed by atoms with E-state index in [1.54, 1.807) is 0 Å². The second-order valence-corrected chi connectivity index (χ2v) is 5.35. The lowest BCUT2D eigenvalue weighted by Crippen LogP contribution is -2.47. The number of para-hydroxylation sites is 1. The average Bonchev–Trinajstić information content (AvgIpc) is 2.91. The molecule has 2 aromatic rings. The van der Waals surface area contributed by atoms with Crippen LogP contribution in [-0.2, 0) is 0 Å². The van der Waals surface area contributed by atoms with E-state index >= 15 is 0 Å². The topological polar surface area (TPSA) is 45.5 Å². The number of hydrogen-bond acceptors (Lipinski definition) is 3. The second-order valence-electron chi connectivity index (χ2n) is 5.35. The van der Waals surface area contributed by atoms with Gasteiger partial charge in [0, 0.05) is 24.5 Å². The minimum atomic E-state index is 0.0150. The molecule has 20 heavy (non-hydrogen) atoms. The number of carbonyl (C=O) groups excluding carboxylic acids is 1. The monoisotopic (exact) mass is 272 g/mol. The van der Waals surface area contributed by atoms with Crippen LogP contribution in [0.5, 0.6) is 0 Å². The second kappa shape index (κ2) is 5.67. The largest absolute Gasteiger partial charge is 0.451 e. The number of carbonyl (C=O) groups is 1. The van der Waals surface area contributed by atoms with Crippen LogP contribution in [0.4, 0.5) is 0 Å². The minimum absolute atomic E-state index is 0.0150. The molecule has 3 rings (SSSR count). The fourth-order valence-corrected chi connectivity index (χ4v) is 2.94. The van der Waals surface area contributed by atoms with Crippen molar-refractivity contribution in [1.29, 1.82) is 0 Å². The van der Waals surface area contributed by atoms with E-state index in [0.29, 0.717) is 5.76 Å². The Balaban J connectivity index is 1.86. The summed E-state index contributed by atoms with van der Waals surface area (Å²) in [6.45, 7) is 1.66. The summed E-state index contributed by atoms with van der Waals surface area (Å²) in [5.41, 5.74) is 0.776. The Kier molecular flexibility index (Phi) is 3.74. The van der Waals surface area contributed by atoms with Gasteiger partial charge in [-0.2, -0.15) is 0 Å². The summed E-state index contributed by atoms with van der Waals surface area (Å²) >= 11 is 0. The summed E-state index contributed by atoms with van der Waals surface area (Å²) in [5.74, 6) is 0.468. The standard InChI is InChI=1S/C16H20N2O2/c1-17-11-13-7-4-5-9-18(13)16(19)15-10-12-6-2-3-8-14(12)20-15/h2-3,6,8,10,13,17H,4-5,7,9,11H2,1H3. The third kappa shape index (κ3) is 2.43. The van der Waals surface area contributed by atoms with Crippen LogP contribution in [-0.4, -0.2) is 37.0 Å². The maximum atomic E-state index is 12.7. The number of furan rings is 1. The Labute approximate surface area is 118 Å². The van der Waals surface area contributed by atoms with Crippen molar-refractivity contribution < 1.29 is 9.21 Å². The first-order valence-electron chi connectivity index (χ1n) is 7.24. The van der Waals surface area contributed by atoms with E-state index in [1.165, 1.54) is 6.42 Å². The van der Waals surface area contributed by atoms with E-state index in [2.05, 4.69) is 5.32 Å². The summed E-state index contributed by atoms with van der Waals surface area (Å²) in [6, 6.07) is 9.86. The van der Waals surface area contributed by atoms with Crippen molar-refractivity contribution in [3.63, 3.8) is 0 Å². The summed E-state index contributed by atoms with van der Waals surface area (Å²) in [6.07, 6.45) is 3.33. The van der Waals surface area contributed by atoms with Gasteiger partial charge in [-0.05, 0) is 38.4 Å². The molecule has 1 unspecified atom stereocenters. The van der Waals surface area contributed by atoms with Gasteiger partial charge < -0.3 is 14.6 Å². The van der Waals surface area contributed by atoms with Crippen molar-refractivity contribution in [3.8, 4) is 0 Å². The molecule has 4 heteroatoms. The summed E-state index contributed by atoms with van der Waals surface area (Å²) < 4.78 is 5.70. The van der Waals surface area contributed by atoms with Crippen LogP contribution in [0.3, 0.4) is 0 Å². The van der Waals surface area contributed by atoms with Crippen LogP contribution >= 0.6 is 0 Å². The molecule has 1 atom stereocenters. The van der Waals surface area contributed by atoms with E-state index in [9.17, 15) is 4.79 Å². The predicted molar refractivity (Wildman–Crippen MR) is 78.8 cm³/mol. The van der Waals surface area contributed by atoms with Gasteiger partial charge in [-0.1, -0.05) is 18.2 Å². The van der Waals surface area contributed by atoms with Gasteiger partial charge >= 0.3 is 0 Å². The number of likely N-dealkylation sites (N-methyl/N-ethyl adjacent to an activating group) is 1. The zero-order chi connectivity index (χ0) is 13.9. The Hall–Kier alpha value is -1.81. The zero-order valence-corrected chi connectivity index (χ0v) is 11.8. The Morgan fingerprint density at radius 1 is 1.40 bits per heavy atom. The lowest BCUT2D eigenvalue weighted by atomic mass is 10.0. The molecule has 1 saturated heterocycles. The lowest BCUT2D eigenvalue weighted by Gasteiger charge is -2.35. The molecule has 1 aliphatic rings. The van der Waals surface area contributed by atoms with E-state index in [4.69, 9.17) is 4.42 Å². The lowest BCUT2D eigenvalue weighted by molar-refractivity contribution is 0.0585. The van der Waals surface area contributed by atoms with E-state index < -0.39 is 0 Å². The molecule has 0 saturated carbocycles. The number of benzene rings is 1. The predicted octanol–water partition coefficient (Wildman–Crippen LogP) is 2.65. The van der Waals surface area contributed by atoms with Gasteiger partial charge in [-0.25, -0.2) is 0 Å². The summed E-state index contributed by atoms with van der Waals surface area (Å²) in [7, 11) is 1.93. The number of likely N-dealkylation sites (tertiary alicyclic amines) is 1. The molecular weight excluding hydrogens is 252 g/mol. The molecule has 106 valence electrons. The van der Waals surface area contributed by atoms with Crippen LogP contribution in [0, 0.1) is 0 Å². The van der Waals surface area contributed by atoms with Crippen molar-refractivity contribution in [2.24, 2.45) is 0 Å². The number of amides is 1. The normalized spacial score (nSPS) is 19.4. The van der Waals surface area contributed by atoms with Crippen molar-refractivity contribution in [2.75, 3.05) is 20.1 Å². The van der Waals surface area contributed by atoms with Crippen molar-refractivity contribution in [2.45, 2.75) is 25.3 Å². The molecule has 1 N–H and O–H groups in total. The molecule has 0 radical (unpaired) electrons. The Morgan fingerprint density at radius 2 is 2.25 bits per heavy atom. The molecule has 0 aliphatic carbocycles. The first-order chi connectivity index (χ1) is 9.79. The van der Waals surface area contributed by atoms with Crippen LogP contribution < -0.4 is 5.32 Å². The number of nitrogens with zero attached hydrogens (tertiary/aromatic N) is 1. The Morgan fingerprint density at radius 3 is 3.05 bits per heavy atom. The molecule has 1 amide bonds. The molecule has 4 nitrogen and oxygen atoms in total. The van der Waals surface area contributed by atoms with Gasteiger partial charge in [0.2, 0.25) is 0 Å². The first-order valence-corrected chi connectivity index (χ1v) is 7.24. The van der Waals surface area contributed by atoms with E-state index in [-0.39, 0.29) is 11.9 Å². The van der Waals surface area contributed by atoms with E-state index in [1.807, 2.05) is 42.3 Å². The highest BCUT2D eigenvalue weighted by atomic mass is 16.3. The van der Waals surface area contributed by atoms with Crippen LogP contribution in [0.1, 0.15) is 29.8 Å². The van der Waals surface area contributed by atoms with Gasteiger partial charge in [-0.3, -0.25) is 4.79 Å². The first kappa shape index (κ1) is 13.2. The smallest absolute Gasteiger partial charge is 0.289 e. The quantitative estimate of drug-likeness (QED) is 0.934. The molecule has 1 aliphatic heterocycles. The van der Waals surface area contributed by atoms with Gasteiger partial charge in [-0.15, -0.1) is 0 Å². The van der Waals surface area contributed by atoms with Gasteiger partial charge in [0.15, 0.2) is 5.76 Å². The number of nitrogens with one attached hydrogen (secondary N) is 1. The van der Waals surface area contributed by atoms with Crippen LogP contribution in [0.25, 0.3) is 11.0 Å². The SMILES string of the molecule is CNCC1CCCCN1C(=O)c1cc2ccccc2o1. The minimum Gasteiger partial charge on any atom is -0.451 e. The third-order valence-corrected chi connectivity index (χ3v) is 3.96. The fourth-order valence-electron chi connectivity index (χ4n) is 2.94. The summed E-state index contributed by atoms with van der Waals surface area (Å²) in [4.78, 5) is 14.6. The Bertz CT molecular complexity index is 570. The zero-order valence-electron chi connectivity index (χ0n) is 11.8. The highest BCUT2D eigenvalue weighted by molar-refractivity contribution is 5.96. The van der Waals surface area contributed by atoms with Crippen LogP contribution in [0.2, 0.25) is 0 Å². The molecule has 1 fully saturated rings. The third-order valence-electron chi connectivity index (χ3n) is 3.96. The number of hydrogen-bond donors (Lipinski definition) is 1. The van der Waals surface area contributed by atoms with Crippen molar-refractivity contribution in [1.82, 2.24) is 10.2 Å². The molecule has 0 spiro atoms. The highest BCUT2D eigenvalue weighted by Gasteiger charge is 2.28. The average molecular weight is 272 g/mol. The molecular formula is C16H20N2O2. The van der Waals surface area contributed by atoms with Crippen molar-refractivity contribution in [3.05, 3.63) is 36.1 Å². The molecule has 1 aromatic heterocycles. The molecule has 1 aromatic carbocycles. The van der Waals surface area contributed by atoms with Crippen molar-refractivity contribution >= 4 is 16.9 Å². The van der Waals surface area contributed by atoms with Crippen LogP contribution in [0.15, 0.2) is 34.7 Å². The van der Waals surface area contributed by atoms with Gasteiger partial charge in [0.1, 0.15) is 5.58 Å². The number of piperidine rings is 1. The fraction of sp³-hybridized carbons (Fsp3) is 0.438. The molecule has 0 bridgehead atoms. The number of rotatable bonds is 3. The molecule has 2 heterocycles. The summed E-state index contributed by atoms with van der Waals surface area (Å²) in [5, 5.41) is 4.16. The number of fused-ring (bicyclic) bond motifs is 1. The highest BCUT2D eigenvalue weighted by Crippen LogP contribution is 2.23. The van der Waals surface area contributed by atoms with E-state index in [0.717, 1.165) is 36.9 Å². The van der Waals surface area contributed by atoms with Gasteiger partial charge in [0.25, 0.3) is 5.91 Å².